The highest BCUT2D eigenvalue weighted by atomic mass is 16.3. The Morgan fingerprint density at radius 1 is 0.591 bits per heavy atom. The van der Waals surface area contributed by atoms with Gasteiger partial charge < -0.3 is 31.5 Å². The van der Waals surface area contributed by atoms with Crippen molar-refractivity contribution in [2.45, 2.75) is 25.0 Å². The van der Waals surface area contributed by atoms with Gasteiger partial charge in [0.15, 0.2) is 5.78 Å². The van der Waals surface area contributed by atoms with Crippen molar-refractivity contribution in [1.29, 1.82) is 0 Å². The number of β-amino-alcohol motifs (C(OH)–C–C–N with tert-alkyl or cyclic N) is 2. The second-order valence-corrected chi connectivity index (χ2v) is 11.4. The Morgan fingerprint density at radius 2 is 0.977 bits per heavy atom. The van der Waals surface area contributed by atoms with Crippen molar-refractivity contribution in [3.63, 3.8) is 0 Å². The van der Waals surface area contributed by atoms with Crippen molar-refractivity contribution in [2.75, 3.05) is 36.0 Å². The van der Waals surface area contributed by atoms with Crippen LogP contribution < -0.4 is 21.3 Å². The normalized spacial score (nSPS) is 18.0. The summed E-state index contributed by atoms with van der Waals surface area (Å²) in [5.41, 5.74) is 17.7. The first-order valence-electron chi connectivity index (χ1n) is 14.7. The van der Waals surface area contributed by atoms with Gasteiger partial charge in [-0.1, -0.05) is 48.5 Å². The van der Waals surface area contributed by atoms with Crippen LogP contribution in [0.25, 0.3) is 22.3 Å². The molecule has 0 aliphatic carbocycles. The van der Waals surface area contributed by atoms with Gasteiger partial charge >= 0.3 is 0 Å². The number of nitrogens with zero attached hydrogens (tertiary/aromatic N) is 2. The van der Waals surface area contributed by atoms with Gasteiger partial charge in [-0.05, 0) is 71.5 Å². The van der Waals surface area contributed by atoms with Gasteiger partial charge in [-0.2, -0.15) is 0 Å². The number of carbonyl (C=O) groups excluding carboxylic acids is 3. The smallest absolute Gasteiger partial charge is 0.249 e. The molecule has 0 spiro atoms. The molecule has 2 heterocycles. The van der Waals surface area contributed by atoms with E-state index < -0.39 is 11.8 Å². The molecule has 0 saturated carbocycles. The molecule has 2 aliphatic heterocycles. The van der Waals surface area contributed by atoms with Crippen LogP contribution in [0.2, 0.25) is 0 Å². The van der Waals surface area contributed by atoms with Gasteiger partial charge in [-0.3, -0.25) is 14.4 Å². The number of amides is 2. The van der Waals surface area contributed by atoms with E-state index in [1.165, 1.54) is 0 Å². The lowest BCUT2D eigenvalue weighted by molar-refractivity contribution is 0.0992. The zero-order chi connectivity index (χ0) is 31.0. The van der Waals surface area contributed by atoms with Gasteiger partial charge in [0, 0.05) is 59.8 Å². The Balaban J connectivity index is 1.25. The standard InChI is InChI=1S/C35H34N4O5/c36-34(43)29-11-9-25(38-15-13-27(40)19-38)17-31(29)21-1-5-23(6-2-21)33(42)24-7-3-22(4-8-24)32-18-26(10-12-30(32)35(37)44)39-16-14-28(41)20-39/h1-12,17-18,27-28,40-41H,13-16,19-20H2,(H2,36,43)(H2,37,44). The summed E-state index contributed by atoms with van der Waals surface area (Å²) in [6, 6.07) is 25.0. The second kappa shape index (κ2) is 11.9. The lowest BCUT2D eigenvalue weighted by atomic mass is 9.94. The zero-order valence-electron chi connectivity index (χ0n) is 24.1. The summed E-state index contributed by atoms with van der Waals surface area (Å²) in [5, 5.41) is 19.9. The van der Waals surface area contributed by atoms with Crippen molar-refractivity contribution < 1.29 is 24.6 Å². The molecule has 0 bridgehead atoms. The number of nitrogens with two attached hydrogens (primary N) is 2. The first kappa shape index (κ1) is 29.1. The Bertz CT molecular complexity index is 1610. The van der Waals surface area contributed by atoms with Gasteiger partial charge in [-0.15, -0.1) is 0 Å². The van der Waals surface area contributed by atoms with E-state index in [0.29, 0.717) is 59.3 Å². The average molecular weight is 591 g/mol. The van der Waals surface area contributed by atoms with Crippen molar-refractivity contribution in [3.8, 4) is 22.3 Å². The maximum Gasteiger partial charge on any atom is 0.249 e. The van der Waals surface area contributed by atoms with Gasteiger partial charge in [0.2, 0.25) is 11.8 Å². The molecule has 2 saturated heterocycles. The minimum absolute atomic E-state index is 0.173. The average Bonchev–Trinajstić information content (AvgIpc) is 3.68. The van der Waals surface area contributed by atoms with E-state index >= 15 is 0 Å². The highest BCUT2D eigenvalue weighted by Crippen LogP contribution is 2.33. The van der Waals surface area contributed by atoms with E-state index in [1.807, 2.05) is 24.3 Å². The SMILES string of the molecule is NC(=O)c1ccc(N2CCC(O)C2)cc1-c1ccc(C(=O)c2ccc(-c3cc(N4CCC(O)C4)ccc3C(N)=O)cc2)cc1. The molecule has 9 heteroatoms. The van der Waals surface area contributed by atoms with E-state index in [2.05, 4.69) is 9.80 Å². The number of benzene rings is 4. The lowest BCUT2D eigenvalue weighted by Crippen LogP contribution is -2.21. The van der Waals surface area contributed by atoms with Crippen LogP contribution in [0, 0.1) is 0 Å². The summed E-state index contributed by atoms with van der Waals surface area (Å²) < 4.78 is 0. The third-order valence-electron chi connectivity index (χ3n) is 8.51. The van der Waals surface area contributed by atoms with E-state index in [0.717, 1.165) is 35.6 Å². The summed E-state index contributed by atoms with van der Waals surface area (Å²) in [6.45, 7) is 2.50. The molecule has 4 aromatic rings. The number of hydrogen-bond acceptors (Lipinski definition) is 7. The minimum atomic E-state index is -0.545. The molecule has 2 amide bonds. The van der Waals surface area contributed by atoms with Crippen LogP contribution in [0.15, 0.2) is 84.9 Å². The molecule has 0 aromatic heterocycles. The fourth-order valence-electron chi connectivity index (χ4n) is 6.09. The van der Waals surface area contributed by atoms with Crippen LogP contribution in [0.1, 0.15) is 49.5 Å². The van der Waals surface area contributed by atoms with Crippen LogP contribution >= 0.6 is 0 Å². The molecule has 2 atom stereocenters. The molecular formula is C35H34N4O5. The highest BCUT2D eigenvalue weighted by Gasteiger charge is 2.23. The van der Waals surface area contributed by atoms with E-state index in [-0.39, 0.29) is 18.0 Å². The van der Waals surface area contributed by atoms with Gasteiger partial charge in [-0.25, -0.2) is 0 Å². The maximum atomic E-state index is 13.4. The molecule has 4 aromatic carbocycles. The Hall–Kier alpha value is -4.99. The summed E-state index contributed by atoms with van der Waals surface area (Å²) in [6.07, 6.45) is 0.614. The summed E-state index contributed by atoms with van der Waals surface area (Å²) in [4.78, 5) is 41.9. The van der Waals surface area contributed by atoms with Crippen molar-refractivity contribution >= 4 is 29.0 Å². The van der Waals surface area contributed by atoms with Crippen LogP contribution in [-0.4, -0.2) is 66.2 Å². The van der Waals surface area contributed by atoms with Crippen molar-refractivity contribution in [2.24, 2.45) is 11.5 Å². The molecule has 0 radical (unpaired) electrons. The summed E-state index contributed by atoms with van der Waals surface area (Å²) >= 11 is 0. The largest absolute Gasteiger partial charge is 0.391 e. The Kier molecular flexibility index (Phi) is 7.90. The lowest BCUT2D eigenvalue weighted by Gasteiger charge is -2.20. The van der Waals surface area contributed by atoms with Gasteiger partial charge in [0.05, 0.1) is 12.2 Å². The van der Waals surface area contributed by atoms with E-state index in [1.54, 1.807) is 60.7 Å². The predicted octanol–water partition coefficient (Wildman–Crippen LogP) is 3.59. The molecule has 2 aliphatic rings. The van der Waals surface area contributed by atoms with Crippen molar-refractivity contribution in [1.82, 2.24) is 0 Å². The summed E-state index contributed by atoms with van der Waals surface area (Å²) in [7, 11) is 0. The molecule has 6 rings (SSSR count). The Morgan fingerprint density at radius 3 is 1.30 bits per heavy atom. The van der Waals surface area contributed by atoms with Gasteiger partial charge in [0.25, 0.3) is 0 Å². The third kappa shape index (κ3) is 5.79. The van der Waals surface area contributed by atoms with E-state index in [4.69, 9.17) is 11.5 Å². The number of anilines is 2. The zero-order valence-corrected chi connectivity index (χ0v) is 24.1. The van der Waals surface area contributed by atoms with Gasteiger partial charge in [0.1, 0.15) is 0 Å². The molecule has 2 fully saturated rings. The fraction of sp³-hybridized carbons (Fsp3) is 0.229. The number of aliphatic hydroxyl groups excluding tert-OH is 2. The highest BCUT2D eigenvalue weighted by molar-refractivity contribution is 6.10. The number of carbonyl (C=O) groups is 3. The third-order valence-corrected chi connectivity index (χ3v) is 8.51. The monoisotopic (exact) mass is 590 g/mol. The number of hydrogen-bond donors (Lipinski definition) is 4. The van der Waals surface area contributed by atoms with Crippen LogP contribution in [0.3, 0.4) is 0 Å². The Labute approximate surface area is 255 Å². The first-order chi connectivity index (χ1) is 21.2. The quantitative estimate of drug-likeness (QED) is 0.229. The van der Waals surface area contributed by atoms with Crippen molar-refractivity contribution in [3.05, 3.63) is 107 Å². The first-order valence-corrected chi connectivity index (χ1v) is 14.7. The van der Waals surface area contributed by atoms with E-state index in [9.17, 15) is 24.6 Å². The molecule has 2 unspecified atom stereocenters. The number of ketones is 1. The minimum Gasteiger partial charge on any atom is -0.391 e. The number of rotatable bonds is 8. The number of aliphatic hydroxyl groups is 2. The number of primary amides is 2. The molecule has 6 N–H and O–H groups in total. The fourth-order valence-corrected chi connectivity index (χ4v) is 6.09. The van der Waals surface area contributed by atoms with Crippen LogP contribution in [0.4, 0.5) is 11.4 Å². The summed E-state index contributed by atoms with van der Waals surface area (Å²) in [5.74, 6) is -1.26. The molecule has 44 heavy (non-hydrogen) atoms. The second-order valence-electron chi connectivity index (χ2n) is 11.4. The predicted molar refractivity (Wildman–Crippen MR) is 170 cm³/mol. The molecule has 224 valence electrons. The van der Waals surface area contributed by atoms with Crippen LogP contribution in [-0.2, 0) is 0 Å². The molecular weight excluding hydrogens is 556 g/mol. The molecule has 9 nitrogen and oxygen atoms in total. The topological polar surface area (TPSA) is 150 Å². The van der Waals surface area contributed by atoms with Crippen LogP contribution in [0.5, 0.6) is 0 Å². The maximum absolute atomic E-state index is 13.4.